The molecule has 1 heterocycles. The minimum Gasteiger partial charge on any atom is -0.356 e. The SMILES string of the molecule is CNCCCNC(=O)CCCNC(=O)c1ccsc1.Cl. The van der Waals surface area contributed by atoms with E-state index in [0.29, 0.717) is 31.5 Å². The first-order valence-corrected chi connectivity index (χ1v) is 7.40. The van der Waals surface area contributed by atoms with E-state index in [1.54, 1.807) is 6.07 Å². The third-order valence-corrected chi connectivity index (χ3v) is 3.26. The monoisotopic (exact) mass is 319 g/mol. The summed E-state index contributed by atoms with van der Waals surface area (Å²) in [5, 5.41) is 12.3. The highest BCUT2D eigenvalue weighted by Crippen LogP contribution is 2.05. The summed E-state index contributed by atoms with van der Waals surface area (Å²) in [7, 11) is 1.89. The quantitative estimate of drug-likeness (QED) is 0.603. The molecule has 0 aliphatic rings. The highest BCUT2D eigenvalue weighted by molar-refractivity contribution is 7.08. The van der Waals surface area contributed by atoms with Gasteiger partial charge in [0.05, 0.1) is 0 Å². The molecule has 0 aliphatic heterocycles. The summed E-state index contributed by atoms with van der Waals surface area (Å²) in [6, 6.07) is 1.79. The van der Waals surface area contributed by atoms with Crippen molar-refractivity contribution in [2.45, 2.75) is 19.3 Å². The predicted octanol–water partition coefficient (Wildman–Crippen LogP) is 1.41. The molecule has 0 radical (unpaired) electrons. The lowest BCUT2D eigenvalue weighted by atomic mass is 10.2. The Labute approximate surface area is 129 Å². The molecule has 20 heavy (non-hydrogen) atoms. The van der Waals surface area contributed by atoms with Gasteiger partial charge in [0, 0.05) is 30.5 Å². The minimum absolute atomic E-state index is 0. The average molecular weight is 320 g/mol. The van der Waals surface area contributed by atoms with E-state index in [9.17, 15) is 9.59 Å². The molecule has 114 valence electrons. The largest absolute Gasteiger partial charge is 0.356 e. The first-order chi connectivity index (χ1) is 9.24. The summed E-state index contributed by atoms with van der Waals surface area (Å²) in [6.07, 6.45) is 2.04. The predicted molar refractivity (Wildman–Crippen MR) is 84.7 cm³/mol. The van der Waals surface area contributed by atoms with E-state index >= 15 is 0 Å². The van der Waals surface area contributed by atoms with Crippen molar-refractivity contribution in [3.05, 3.63) is 22.4 Å². The van der Waals surface area contributed by atoms with E-state index in [4.69, 9.17) is 0 Å². The van der Waals surface area contributed by atoms with Crippen molar-refractivity contribution in [1.29, 1.82) is 0 Å². The van der Waals surface area contributed by atoms with Gasteiger partial charge in [-0.2, -0.15) is 11.3 Å². The molecule has 0 saturated heterocycles. The number of carbonyl (C=O) groups excluding carboxylic acids is 2. The second-order valence-corrected chi connectivity index (χ2v) is 4.96. The van der Waals surface area contributed by atoms with Crippen LogP contribution in [0.25, 0.3) is 0 Å². The lowest BCUT2D eigenvalue weighted by Gasteiger charge is -2.06. The standard InChI is InChI=1S/C13H21N3O2S.ClH/c1-14-6-3-8-15-12(17)4-2-7-16-13(18)11-5-9-19-10-11;/h5,9-10,14H,2-4,6-8H2,1H3,(H,15,17)(H,16,18);1H. The molecule has 1 rings (SSSR count). The van der Waals surface area contributed by atoms with Crippen molar-refractivity contribution < 1.29 is 9.59 Å². The van der Waals surface area contributed by atoms with Crippen LogP contribution in [0.3, 0.4) is 0 Å². The van der Waals surface area contributed by atoms with E-state index in [1.807, 2.05) is 17.8 Å². The molecule has 0 bridgehead atoms. The normalized spacial score (nSPS) is 9.65. The molecular weight excluding hydrogens is 298 g/mol. The molecule has 1 aromatic heterocycles. The first-order valence-electron chi connectivity index (χ1n) is 6.45. The number of halogens is 1. The lowest BCUT2D eigenvalue weighted by molar-refractivity contribution is -0.121. The molecule has 0 saturated carbocycles. The molecule has 0 aromatic carbocycles. The fraction of sp³-hybridized carbons (Fsp3) is 0.538. The number of hydrogen-bond acceptors (Lipinski definition) is 4. The van der Waals surface area contributed by atoms with Crippen molar-refractivity contribution in [3.63, 3.8) is 0 Å². The molecule has 0 atom stereocenters. The van der Waals surface area contributed by atoms with Crippen LogP contribution < -0.4 is 16.0 Å². The molecule has 0 fully saturated rings. The third kappa shape index (κ3) is 8.14. The van der Waals surface area contributed by atoms with Crippen LogP contribution in [-0.2, 0) is 4.79 Å². The molecule has 5 nitrogen and oxygen atoms in total. The second kappa shape index (κ2) is 11.7. The van der Waals surface area contributed by atoms with Gasteiger partial charge in [0.25, 0.3) is 5.91 Å². The zero-order chi connectivity index (χ0) is 13.9. The topological polar surface area (TPSA) is 70.2 Å². The number of carbonyl (C=O) groups is 2. The van der Waals surface area contributed by atoms with Gasteiger partial charge in [-0.25, -0.2) is 0 Å². The summed E-state index contributed by atoms with van der Waals surface area (Å²) in [5.41, 5.74) is 0.682. The summed E-state index contributed by atoms with van der Waals surface area (Å²) < 4.78 is 0. The molecule has 1 aromatic rings. The van der Waals surface area contributed by atoms with Crippen molar-refractivity contribution in [2.24, 2.45) is 0 Å². The number of nitrogens with one attached hydrogen (secondary N) is 3. The van der Waals surface area contributed by atoms with Gasteiger partial charge >= 0.3 is 0 Å². The number of hydrogen-bond donors (Lipinski definition) is 3. The number of thiophene rings is 1. The first kappa shape index (κ1) is 18.9. The smallest absolute Gasteiger partial charge is 0.252 e. The molecular formula is C13H22ClN3O2S. The van der Waals surface area contributed by atoms with Crippen LogP contribution in [0.15, 0.2) is 16.8 Å². The van der Waals surface area contributed by atoms with Crippen LogP contribution in [0.5, 0.6) is 0 Å². The van der Waals surface area contributed by atoms with Crippen LogP contribution in [-0.4, -0.2) is 38.5 Å². The summed E-state index contributed by atoms with van der Waals surface area (Å²) >= 11 is 1.49. The van der Waals surface area contributed by atoms with Crippen molar-refractivity contribution >= 4 is 35.6 Å². The van der Waals surface area contributed by atoms with Crippen LogP contribution in [0, 0.1) is 0 Å². The van der Waals surface area contributed by atoms with Gasteiger partial charge in [-0.3, -0.25) is 9.59 Å². The van der Waals surface area contributed by atoms with Gasteiger partial charge in [0.2, 0.25) is 5.91 Å². The highest BCUT2D eigenvalue weighted by Gasteiger charge is 2.05. The van der Waals surface area contributed by atoms with Crippen LogP contribution in [0.1, 0.15) is 29.6 Å². The highest BCUT2D eigenvalue weighted by atomic mass is 35.5. The van der Waals surface area contributed by atoms with Crippen LogP contribution in [0.2, 0.25) is 0 Å². The Morgan fingerprint density at radius 2 is 1.90 bits per heavy atom. The Morgan fingerprint density at radius 3 is 2.55 bits per heavy atom. The van der Waals surface area contributed by atoms with Crippen molar-refractivity contribution in [2.75, 3.05) is 26.7 Å². The molecule has 0 unspecified atom stereocenters. The van der Waals surface area contributed by atoms with Gasteiger partial charge in [-0.05, 0) is 37.9 Å². The Kier molecular flexibility index (Phi) is 11.0. The fourth-order valence-corrected chi connectivity index (χ4v) is 2.16. The molecule has 0 spiro atoms. The average Bonchev–Trinajstić information content (AvgIpc) is 2.93. The van der Waals surface area contributed by atoms with Gasteiger partial charge in [0.15, 0.2) is 0 Å². The van der Waals surface area contributed by atoms with E-state index in [0.717, 1.165) is 13.0 Å². The van der Waals surface area contributed by atoms with Crippen LogP contribution in [0.4, 0.5) is 0 Å². The van der Waals surface area contributed by atoms with Gasteiger partial charge in [-0.15, -0.1) is 12.4 Å². The zero-order valence-corrected chi connectivity index (χ0v) is 13.2. The molecule has 3 N–H and O–H groups in total. The lowest BCUT2D eigenvalue weighted by Crippen LogP contribution is -2.28. The Bertz CT molecular complexity index is 385. The Balaban J connectivity index is 0.00000361. The summed E-state index contributed by atoms with van der Waals surface area (Å²) in [6.45, 7) is 2.12. The maximum absolute atomic E-state index is 11.6. The van der Waals surface area contributed by atoms with Crippen LogP contribution >= 0.6 is 23.7 Å². The van der Waals surface area contributed by atoms with E-state index in [2.05, 4.69) is 16.0 Å². The van der Waals surface area contributed by atoms with E-state index in [-0.39, 0.29) is 24.2 Å². The number of rotatable bonds is 9. The van der Waals surface area contributed by atoms with Gasteiger partial charge < -0.3 is 16.0 Å². The molecule has 0 aliphatic carbocycles. The van der Waals surface area contributed by atoms with Crippen molar-refractivity contribution in [3.8, 4) is 0 Å². The van der Waals surface area contributed by atoms with Crippen molar-refractivity contribution in [1.82, 2.24) is 16.0 Å². The summed E-state index contributed by atoms with van der Waals surface area (Å²) in [5.74, 6) is -0.0310. The molecule has 7 heteroatoms. The molecule has 2 amide bonds. The van der Waals surface area contributed by atoms with E-state index in [1.165, 1.54) is 11.3 Å². The maximum Gasteiger partial charge on any atom is 0.252 e. The second-order valence-electron chi connectivity index (χ2n) is 4.18. The zero-order valence-electron chi connectivity index (χ0n) is 11.6. The summed E-state index contributed by atoms with van der Waals surface area (Å²) in [4.78, 5) is 23.0. The van der Waals surface area contributed by atoms with E-state index < -0.39 is 0 Å². The van der Waals surface area contributed by atoms with Gasteiger partial charge in [0.1, 0.15) is 0 Å². The number of amides is 2. The van der Waals surface area contributed by atoms with Gasteiger partial charge in [-0.1, -0.05) is 0 Å². The fourth-order valence-electron chi connectivity index (χ4n) is 1.53. The Morgan fingerprint density at radius 1 is 1.15 bits per heavy atom. The Hall–Kier alpha value is -1.11. The third-order valence-electron chi connectivity index (χ3n) is 2.58. The maximum atomic E-state index is 11.6. The minimum atomic E-state index is -0.0734.